The lowest BCUT2D eigenvalue weighted by atomic mass is 10.3. The van der Waals surface area contributed by atoms with Crippen molar-refractivity contribution in [3.05, 3.63) is 28.7 Å². The fourth-order valence-electron chi connectivity index (χ4n) is 1.84. The number of rotatable bonds is 5. The van der Waals surface area contributed by atoms with Gasteiger partial charge < -0.3 is 14.7 Å². The zero-order valence-electron chi connectivity index (χ0n) is 11.0. The first-order valence-corrected chi connectivity index (χ1v) is 6.88. The molecule has 20 heavy (non-hydrogen) atoms. The summed E-state index contributed by atoms with van der Waals surface area (Å²) in [6.45, 7) is 0.0140. The molecule has 2 rings (SSSR count). The number of halogens is 1. The second-order valence-corrected chi connectivity index (χ2v) is 5.48. The molecular weight excluding hydrogens is 328 g/mol. The molecule has 1 heterocycles. The number of imide groups is 1. The van der Waals surface area contributed by atoms with Crippen molar-refractivity contribution in [2.45, 2.75) is 6.10 Å². The number of aliphatic hydroxyl groups is 1. The quantitative estimate of drug-likeness (QED) is 0.813. The molecule has 0 spiro atoms. The van der Waals surface area contributed by atoms with Gasteiger partial charge in [0.15, 0.2) is 0 Å². The van der Waals surface area contributed by atoms with Gasteiger partial charge in [-0.3, -0.25) is 9.69 Å². The summed E-state index contributed by atoms with van der Waals surface area (Å²) < 4.78 is 6.33. The van der Waals surface area contributed by atoms with Crippen molar-refractivity contribution >= 4 is 27.9 Å². The lowest BCUT2D eigenvalue weighted by Crippen LogP contribution is -2.40. The highest BCUT2D eigenvalue weighted by molar-refractivity contribution is 9.10. The number of amides is 3. The molecule has 7 heteroatoms. The van der Waals surface area contributed by atoms with E-state index >= 15 is 0 Å². The van der Waals surface area contributed by atoms with Crippen LogP contribution < -0.4 is 4.74 Å². The summed E-state index contributed by atoms with van der Waals surface area (Å²) in [5, 5.41) is 9.85. The second-order valence-electron chi connectivity index (χ2n) is 4.56. The molecule has 0 aromatic heterocycles. The van der Waals surface area contributed by atoms with Crippen molar-refractivity contribution < 1.29 is 19.4 Å². The van der Waals surface area contributed by atoms with Gasteiger partial charge in [0, 0.05) is 11.5 Å². The maximum absolute atomic E-state index is 11.6. The van der Waals surface area contributed by atoms with Crippen LogP contribution in [0.1, 0.15) is 0 Å². The Hall–Kier alpha value is -1.60. The smallest absolute Gasteiger partial charge is 0.327 e. The van der Waals surface area contributed by atoms with Crippen molar-refractivity contribution in [1.29, 1.82) is 0 Å². The Bertz CT molecular complexity index is 506. The number of hydrogen-bond donors (Lipinski definition) is 1. The molecule has 1 aromatic rings. The fourth-order valence-corrected chi connectivity index (χ4v) is 2.10. The first kappa shape index (κ1) is 14.8. The summed E-state index contributed by atoms with van der Waals surface area (Å²) in [7, 11) is 1.55. The Morgan fingerprint density at radius 1 is 1.35 bits per heavy atom. The number of hydrogen-bond acceptors (Lipinski definition) is 4. The van der Waals surface area contributed by atoms with E-state index in [-0.39, 0.29) is 25.6 Å². The van der Waals surface area contributed by atoms with Crippen molar-refractivity contribution in [2.24, 2.45) is 0 Å². The molecule has 3 amide bonds. The van der Waals surface area contributed by atoms with Crippen molar-refractivity contribution in [3.63, 3.8) is 0 Å². The number of benzene rings is 1. The predicted molar refractivity (Wildman–Crippen MR) is 75.4 cm³/mol. The first-order chi connectivity index (χ1) is 9.47. The molecule has 0 aliphatic carbocycles. The van der Waals surface area contributed by atoms with Crippen LogP contribution >= 0.6 is 15.9 Å². The Morgan fingerprint density at radius 3 is 2.55 bits per heavy atom. The molecular formula is C13H15BrN2O4. The number of carbonyl (C=O) groups excluding carboxylic acids is 2. The van der Waals surface area contributed by atoms with Crippen LogP contribution in [-0.4, -0.2) is 59.7 Å². The number of nitrogens with zero attached hydrogens (tertiary/aromatic N) is 2. The average molecular weight is 343 g/mol. The Labute approximate surface area is 125 Å². The number of urea groups is 1. The fraction of sp³-hybridized carbons (Fsp3) is 0.385. The lowest BCUT2D eigenvalue weighted by molar-refractivity contribution is -0.126. The van der Waals surface area contributed by atoms with E-state index in [0.717, 1.165) is 9.37 Å². The van der Waals surface area contributed by atoms with Crippen LogP contribution in [0.4, 0.5) is 4.79 Å². The van der Waals surface area contributed by atoms with Gasteiger partial charge >= 0.3 is 6.03 Å². The van der Waals surface area contributed by atoms with E-state index in [2.05, 4.69) is 15.9 Å². The highest BCUT2D eigenvalue weighted by Gasteiger charge is 2.34. The monoisotopic (exact) mass is 342 g/mol. The summed E-state index contributed by atoms with van der Waals surface area (Å²) in [4.78, 5) is 25.5. The second kappa shape index (κ2) is 6.23. The van der Waals surface area contributed by atoms with Crippen LogP contribution in [0.15, 0.2) is 28.7 Å². The standard InChI is InChI=1S/C13H15BrN2O4/c1-15-7-12(18)16(13(15)19)6-10(17)8-20-11-4-2-9(14)3-5-11/h2-5,10,17H,6-8H2,1H3/t10-/m0/s1. The van der Waals surface area contributed by atoms with E-state index in [9.17, 15) is 14.7 Å². The van der Waals surface area contributed by atoms with Gasteiger partial charge in [0.25, 0.3) is 0 Å². The van der Waals surface area contributed by atoms with Crippen molar-refractivity contribution in [1.82, 2.24) is 9.80 Å². The van der Waals surface area contributed by atoms with Crippen molar-refractivity contribution in [3.8, 4) is 5.75 Å². The van der Waals surface area contributed by atoms with E-state index in [0.29, 0.717) is 5.75 Å². The summed E-state index contributed by atoms with van der Waals surface area (Å²) in [5.74, 6) is 0.309. The zero-order chi connectivity index (χ0) is 14.7. The van der Waals surface area contributed by atoms with Gasteiger partial charge in [0.1, 0.15) is 25.0 Å². The maximum atomic E-state index is 11.6. The van der Waals surface area contributed by atoms with Crippen LogP contribution in [0.2, 0.25) is 0 Å². The summed E-state index contributed by atoms with van der Waals surface area (Å²) in [6.07, 6.45) is -0.918. The molecule has 1 aliphatic heterocycles. The Balaban J connectivity index is 1.83. The van der Waals surface area contributed by atoms with Crippen molar-refractivity contribution in [2.75, 3.05) is 26.7 Å². The number of carbonyl (C=O) groups is 2. The molecule has 0 bridgehead atoms. The Morgan fingerprint density at radius 2 is 2.00 bits per heavy atom. The first-order valence-electron chi connectivity index (χ1n) is 6.09. The van der Waals surface area contributed by atoms with Gasteiger partial charge in [0.05, 0.1) is 6.54 Å². The number of β-amino-alcohol motifs (C(OH)–C–C–N with tert-alkyl or cyclic N) is 1. The maximum Gasteiger partial charge on any atom is 0.327 e. The van der Waals surface area contributed by atoms with Gasteiger partial charge in [0.2, 0.25) is 5.91 Å². The zero-order valence-corrected chi connectivity index (χ0v) is 12.5. The van der Waals surface area contributed by atoms with Crippen LogP contribution in [-0.2, 0) is 4.79 Å². The number of aliphatic hydroxyl groups excluding tert-OH is 1. The molecule has 1 aliphatic rings. The minimum absolute atomic E-state index is 0.0163. The van der Waals surface area contributed by atoms with Gasteiger partial charge in [-0.1, -0.05) is 15.9 Å². The lowest BCUT2D eigenvalue weighted by Gasteiger charge is -2.18. The third-order valence-electron chi connectivity index (χ3n) is 2.88. The molecule has 1 fully saturated rings. The molecule has 1 aromatic carbocycles. The van der Waals surface area contributed by atoms with Crippen LogP contribution in [0, 0.1) is 0 Å². The summed E-state index contributed by atoms with van der Waals surface area (Å²) in [5.41, 5.74) is 0. The minimum Gasteiger partial charge on any atom is -0.491 e. The third kappa shape index (κ3) is 3.49. The van der Waals surface area contributed by atoms with Gasteiger partial charge in [-0.25, -0.2) is 4.79 Å². The van der Waals surface area contributed by atoms with Crippen LogP contribution in [0.25, 0.3) is 0 Å². The van der Waals surface area contributed by atoms with E-state index < -0.39 is 12.1 Å². The van der Waals surface area contributed by atoms with E-state index in [1.165, 1.54) is 4.90 Å². The molecule has 0 saturated carbocycles. The molecule has 1 saturated heterocycles. The molecule has 1 N–H and O–H groups in total. The molecule has 0 radical (unpaired) electrons. The molecule has 6 nitrogen and oxygen atoms in total. The van der Waals surface area contributed by atoms with Gasteiger partial charge in [-0.15, -0.1) is 0 Å². The van der Waals surface area contributed by atoms with E-state index in [4.69, 9.17) is 4.74 Å². The van der Waals surface area contributed by atoms with Crippen LogP contribution in [0.3, 0.4) is 0 Å². The highest BCUT2D eigenvalue weighted by Crippen LogP contribution is 2.16. The number of likely N-dealkylation sites (N-methyl/N-ethyl adjacent to an activating group) is 1. The number of ether oxygens (including phenoxy) is 1. The van der Waals surface area contributed by atoms with E-state index in [1.807, 2.05) is 12.1 Å². The SMILES string of the molecule is CN1CC(=O)N(C[C@H](O)COc2ccc(Br)cc2)C1=O. The minimum atomic E-state index is -0.918. The average Bonchev–Trinajstić information content (AvgIpc) is 2.65. The third-order valence-corrected chi connectivity index (χ3v) is 3.41. The summed E-state index contributed by atoms with van der Waals surface area (Å²) in [6, 6.07) is 6.78. The molecule has 0 unspecified atom stereocenters. The highest BCUT2D eigenvalue weighted by atomic mass is 79.9. The predicted octanol–water partition coefficient (Wildman–Crippen LogP) is 1.08. The van der Waals surface area contributed by atoms with Crippen LogP contribution in [0.5, 0.6) is 5.75 Å². The normalized spacial score (nSPS) is 16.8. The summed E-state index contributed by atoms with van der Waals surface area (Å²) >= 11 is 3.31. The topological polar surface area (TPSA) is 70.1 Å². The van der Waals surface area contributed by atoms with Gasteiger partial charge in [-0.2, -0.15) is 0 Å². The van der Waals surface area contributed by atoms with Gasteiger partial charge in [-0.05, 0) is 24.3 Å². The Kier molecular flexibility index (Phi) is 4.61. The molecule has 1 atom stereocenters. The van der Waals surface area contributed by atoms with E-state index in [1.54, 1.807) is 19.2 Å². The largest absolute Gasteiger partial charge is 0.491 e. The molecule has 108 valence electrons.